The Balaban J connectivity index is 4.05. The first kappa shape index (κ1) is 18.4. The first-order valence-corrected chi connectivity index (χ1v) is 7.40. The van der Waals surface area contributed by atoms with Crippen LogP contribution in [0.15, 0.2) is 0 Å². The van der Waals surface area contributed by atoms with Crippen LogP contribution >= 0.6 is 0 Å². The molecular formula is C16H33NO2. The molecule has 0 rings (SSSR count). The van der Waals surface area contributed by atoms with Gasteiger partial charge in [-0.3, -0.25) is 4.79 Å². The Morgan fingerprint density at radius 3 is 2.05 bits per heavy atom. The molecule has 0 aliphatic rings. The lowest BCUT2D eigenvalue weighted by Crippen LogP contribution is -2.41. The number of carbonyl (C=O) groups is 1. The van der Waals surface area contributed by atoms with E-state index >= 15 is 0 Å². The van der Waals surface area contributed by atoms with Gasteiger partial charge >= 0.3 is 0 Å². The van der Waals surface area contributed by atoms with Crippen LogP contribution in [0.2, 0.25) is 0 Å². The summed E-state index contributed by atoms with van der Waals surface area (Å²) in [6, 6.07) is 0. The van der Waals surface area contributed by atoms with Gasteiger partial charge < -0.3 is 10.4 Å². The van der Waals surface area contributed by atoms with Crippen molar-refractivity contribution in [3.05, 3.63) is 0 Å². The lowest BCUT2D eigenvalue weighted by molar-refractivity contribution is -0.123. The van der Waals surface area contributed by atoms with Crippen LogP contribution in [0.3, 0.4) is 0 Å². The number of amides is 1. The first-order valence-electron chi connectivity index (χ1n) is 7.40. The van der Waals surface area contributed by atoms with Gasteiger partial charge in [0, 0.05) is 13.0 Å². The van der Waals surface area contributed by atoms with E-state index in [0.29, 0.717) is 31.2 Å². The molecule has 19 heavy (non-hydrogen) atoms. The van der Waals surface area contributed by atoms with Crippen molar-refractivity contribution >= 4 is 5.91 Å². The zero-order valence-electron chi connectivity index (χ0n) is 13.8. The van der Waals surface area contributed by atoms with Gasteiger partial charge in [0.05, 0.1) is 5.60 Å². The van der Waals surface area contributed by atoms with Gasteiger partial charge in [-0.15, -0.1) is 0 Å². The quantitative estimate of drug-likeness (QED) is 0.746. The fourth-order valence-corrected chi connectivity index (χ4v) is 2.75. The van der Waals surface area contributed by atoms with Gasteiger partial charge in [0.1, 0.15) is 0 Å². The van der Waals surface area contributed by atoms with Gasteiger partial charge in [-0.05, 0) is 37.0 Å². The Hall–Kier alpha value is -0.570. The molecule has 2 unspecified atom stereocenters. The van der Waals surface area contributed by atoms with Gasteiger partial charge in [0.25, 0.3) is 0 Å². The summed E-state index contributed by atoms with van der Waals surface area (Å²) in [5.74, 6) is 0.836. The van der Waals surface area contributed by atoms with Gasteiger partial charge in [-0.2, -0.15) is 0 Å². The standard InChI is InChI=1S/C16H33NO2/c1-12(2)9-16(7,19)11-17-14(18)8-13(3)10-15(4,5)6/h12-13,19H,8-11H2,1-7H3,(H,17,18). The van der Waals surface area contributed by atoms with Crippen molar-refractivity contribution in [1.82, 2.24) is 5.32 Å². The Kier molecular flexibility index (Phi) is 7.06. The van der Waals surface area contributed by atoms with Crippen molar-refractivity contribution in [2.45, 2.75) is 73.3 Å². The molecule has 0 aliphatic heterocycles. The van der Waals surface area contributed by atoms with Crippen molar-refractivity contribution in [2.75, 3.05) is 6.54 Å². The number of rotatable bonds is 7. The topological polar surface area (TPSA) is 49.3 Å². The van der Waals surface area contributed by atoms with Crippen LogP contribution in [0.25, 0.3) is 0 Å². The maximum atomic E-state index is 11.8. The van der Waals surface area contributed by atoms with E-state index < -0.39 is 5.60 Å². The van der Waals surface area contributed by atoms with Crippen LogP contribution in [0, 0.1) is 17.3 Å². The highest BCUT2D eigenvalue weighted by Crippen LogP contribution is 2.25. The normalized spacial score (nSPS) is 17.1. The summed E-state index contributed by atoms with van der Waals surface area (Å²) in [7, 11) is 0. The molecule has 0 heterocycles. The molecule has 0 aromatic heterocycles. The smallest absolute Gasteiger partial charge is 0.220 e. The summed E-state index contributed by atoms with van der Waals surface area (Å²) >= 11 is 0. The second kappa shape index (κ2) is 7.28. The SMILES string of the molecule is CC(C)CC(C)(O)CNC(=O)CC(C)CC(C)(C)C. The zero-order chi connectivity index (χ0) is 15.3. The zero-order valence-corrected chi connectivity index (χ0v) is 13.8. The Morgan fingerprint density at radius 1 is 1.11 bits per heavy atom. The fraction of sp³-hybridized carbons (Fsp3) is 0.938. The summed E-state index contributed by atoms with van der Waals surface area (Å²) < 4.78 is 0. The van der Waals surface area contributed by atoms with Gasteiger partial charge in [-0.1, -0.05) is 41.5 Å². The molecule has 0 aromatic carbocycles. The maximum absolute atomic E-state index is 11.8. The largest absolute Gasteiger partial charge is 0.388 e. The van der Waals surface area contributed by atoms with E-state index in [0.717, 1.165) is 6.42 Å². The van der Waals surface area contributed by atoms with Crippen LogP contribution in [0.1, 0.15) is 67.7 Å². The minimum absolute atomic E-state index is 0.0424. The lowest BCUT2D eigenvalue weighted by atomic mass is 9.84. The fourth-order valence-electron chi connectivity index (χ4n) is 2.75. The average molecular weight is 271 g/mol. The van der Waals surface area contributed by atoms with Crippen molar-refractivity contribution in [3.63, 3.8) is 0 Å². The molecule has 0 fully saturated rings. The van der Waals surface area contributed by atoms with E-state index in [1.54, 1.807) is 6.92 Å². The van der Waals surface area contributed by atoms with Crippen molar-refractivity contribution in [3.8, 4) is 0 Å². The molecule has 0 aliphatic carbocycles. The van der Waals surface area contributed by atoms with Gasteiger partial charge in [-0.25, -0.2) is 0 Å². The van der Waals surface area contributed by atoms with E-state index in [1.807, 2.05) is 0 Å². The average Bonchev–Trinajstić information content (AvgIpc) is 2.09. The van der Waals surface area contributed by atoms with Crippen molar-refractivity contribution in [1.29, 1.82) is 0 Å². The van der Waals surface area contributed by atoms with Crippen LogP contribution < -0.4 is 5.32 Å². The Bertz CT molecular complexity index is 277. The molecular weight excluding hydrogens is 238 g/mol. The van der Waals surface area contributed by atoms with Crippen molar-refractivity contribution < 1.29 is 9.90 Å². The van der Waals surface area contributed by atoms with E-state index in [-0.39, 0.29) is 11.3 Å². The lowest BCUT2D eigenvalue weighted by Gasteiger charge is -2.26. The number of carbonyl (C=O) groups excluding carboxylic acids is 1. The second-order valence-electron chi connectivity index (χ2n) is 7.95. The van der Waals surface area contributed by atoms with E-state index in [4.69, 9.17) is 0 Å². The molecule has 0 bridgehead atoms. The van der Waals surface area contributed by atoms with Crippen LogP contribution in [0.4, 0.5) is 0 Å². The molecule has 114 valence electrons. The summed E-state index contributed by atoms with van der Waals surface area (Å²) in [5.41, 5.74) is -0.556. The molecule has 0 saturated heterocycles. The molecule has 0 saturated carbocycles. The maximum Gasteiger partial charge on any atom is 0.220 e. The van der Waals surface area contributed by atoms with Crippen LogP contribution in [-0.2, 0) is 4.79 Å². The van der Waals surface area contributed by atoms with Crippen molar-refractivity contribution in [2.24, 2.45) is 17.3 Å². The van der Waals surface area contributed by atoms with E-state index in [1.165, 1.54) is 0 Å². The predicted molar refractivity (Wildman–Crippen MR) is 80.9 cm³/mol. The van der Waals surface area contributed by atoms with E-state index in [2.05, 4.69) is 46.9 Å². The number of nitrogens with one attached hydrogen (secondary N) is 1. The van der Waals surface area contributed by atoms with Gasteiger partial charge in [0.2, 0.25) is 5.91 Å². The highest BCUT2D eigenvalue weighted by atomic mass is 16.3. The van der Waals surface area contributed by atoms with Crippen LogP contribution in [-0.4, -0.2) is 23.2 Å². The summed E-state index contributed by atoms with van der Waals surface area (Å²) in [5, 5.41) is 13.0. The summed E-state index contributed by atoms with van der Waals surface area (Å²) in [4.78, 5) is 11.8. The molecule has 3 heteroatoms. The third-order valence-electron chi connectivity index (χ3n) is 3.01. The summed E-state index contributed by atoms with van der Waals surface area (Å²) in [6.07, 6.45) is 2.27. The molecule has 3 nitrogen and oxygen atoms in total. The molecule has 2 N–H and O–H groups in total. The Morgan fingerprint density at radius 2 is 1.63 bits per heavy atom. The molecule has 2 atom stereocenters. The van der Waals surface area contributed by atoms with E-state index in [9.17, 15) is 9.90 Å². The third kappa shape index (κ3) is 11.0. The minimum Gasteiger partial charge on any atom is -0.388 e. The first-order chi connectivity index (χ1) is 8.41. The monoisotopic (exact) mass is 271 g/mol. The minimum atomic E-state index is -0.808. The number of aliphatic hydroxyl groups is 1. The summed E-state index contributed by atoms with van der Waals surface area (Å²) in [6.45, 7) is 14.9. The molecule has 0 aromatic rings. The highest BCUT2D eigenvalue weighted by Gasteiger charge is 2.23. The highest BCUT2D eigenvalue weighted by molar-refractivity contribution is 5.76. The number of hydrogen-bond acceptors (Lipinski definition) is 2. The molecule has 0 spiro atoms. The predicted octanol–water partition coefficient (Wildman–Crippen LogP) is 3.36. The van der Waals surface area contributed by atoms with Crippen LogP contribution in [0.5, 0.6) is 0 Å². The third-order valence-corrected chi connectivity index (χ3v) is 3.01. The molecule has 0 radical (unpaired) electrons. The Labute approximate surface area is 119 Å². The molecule has 1 amide bonds. The van der Waals surface area contributed by atoms with Gasteiger partial charge in [0.15, 0.2) is 0 Å². The number of hydrogen-bond donors (Lipinski definition) is 2. The second-order valence-corrected chi connectivity index (χ2v) is 7.95.